The lowest BCUT2D eigenvalue weighted by Crippen LogP contribution is -1.82. The summed E-state index contributed by atoms with van der Waals surface area (Å²) in [7, 11) is 1.57. The van der Waals surface area contributed by atoms with E-state index in [1.807, 2.05) is 12.1 Å². The van der Waals surface area contributed by atoms with Gasteiger partial charge in [0.05, 0.1) is 16.7 Å². The smallest absolute Gasteiger partial charge is 0.160 e. The summed E-state index contributed by atoms with van der Waals surface area (Å²) in [6, 6.07) is 5.51. The van der Waals surface area contributed by atoms with Gasteiger partial charge < -0.3 is 4.74 Å². The Labute approximate surface area is 90.1 Å². The number of methoxy groups -OCH3 is 1. The number of thiophene rings is 1. The molecule has 0 radical (unpaired) electrons. The largest absolute Gasteiger partial charge is 0.495 e. The molecule has 0 N–H and O–H groups in total. The maximum atomic E-state index is 10.6. The Kier molecular flexibility index (Phi) is 2.44. The van der Waals surface area contributed by atoms with Crippen LogP contribution in [0.3, 0.4) is 0 Å². The Bertz CT molecular complexity index is 490. The van der Waals surface area contributed by atoms with E-state index in [-0.39, 0.29) is 0 Å². The van der Waals surface area contributed by atoms with Crippen molar-refractivity contribution in [2.75, 3.05) is 7.11 Å². The maximum absolute atomic E-state index is 10.6. The highest BCUT2D eigenvalue weighted by Crippen LogP contribution is 2.37. The van der Waals surface area contributed by atoms with E-state index in [1.165, 1.54) is 11.3 Å². The van der Waals surface area contributed by atoms with Crippen LogP contribution < -0.4 is 4.74 Å². The Morgan fingerprint density at radius 3 is 2.93 bits per heavy atom. The highest BCUT2D eigenvalue weighted by Gasteiger charge is 2.09. The van der Waals surface area contributed by atoms with Crippen LogP contribution in [0.4, 0.5) is 0 Å². The second kappa shape index (κ2) is 3.59. The van der Waals surface area contributed by atoms with Gasteiger partial charge >= 0.3 is 0 Å². The van der Waals surface area contributed by atoms with Crippen molar-refractivity contribution in [2.24, 2.45) is 0 Å². The molecular weight excluding hydrogens is 220 g/mol. The van der Waals surface area contributed by atoms with Gasteiger partial charge in [-0.15, -0.1) is 11.3 Å². The Hall–Kier alpha value is -1.06. The summed E-state index contributed by atoms with van der Waals surface area (Å²) < 4.78 is 5.98. The second-order valence-electron chi connectivity index (χ2n) is 2.77. The maximum Gasteiger partial charge on any atom is 0.160 e. The molecule has 4 heteroatoms. The fraction of sp³-hybridized carbons (Fsp3) is 0.100. The molecule has 14 heavy (non-hydrogen) atoms. The molecule has 0 aliphatic rings. The van der Waals surface area contributed by atoms with Crippen molar-refractivity contribution in [1.29, 1.82) is 0 Å². The first-order chi connectivity index (χ1) is 6.76. The molecule has 1 aromatic heterocycles. The van der Waals surface area contributed by atoms with Gasteiger partial charge in [0.2, 0.25) is 0 Å². The predicted molar refractivity (Wildman–Crippen MR) is 58.8 cm³/mol. The highest BCUT2D eigenvalue weighted by atomic mass is 35.5. The van der Waals surface area contributed by atoms with Crippen LogP contribution in [0.15, 0.2) is 18.2 Å². The monoisotopic (exact) mass is 226 g/mol. The third-order valence-corrected chi connectivity index (χ3v) is 3.53. The van der Waals surface area contributed by atoms with Crippen LogP contribution in [0.25, 0.3) is 10.1 Å². The minimum atomic E-state index is 0.572. The minimum absolute atomic E-state index is 0.572. The molecule has 0 fully saturated rings. The first kappa shape index (κ1) is 9.49. The van der Waals surface area contributed by atoms with E-state index in [4.69, 9.17) is 16.3 Å². The fourth-order valence-electron chi connectivity index (χ4n) is 1.29. The molecule has 0 atom stereocenters. The number of carbonyl (C=O) groups is 1. The normalized spacial score (nSPS) is 10.4. The van der Waals surface area contributed by atoms with Crippen molar-refractivity contribution in [1.82, 2.24) is 0 Å². The summed E-state index contributed by atoms with van der Waals surface area (Å²) in [5.74, 6) is 0.637. The summed E-state index contributed by atoms with van der Waals surface area (Å²) in [4.78, 5) is 11.3. The number of carbonyl (C=O) groups excluding carboxylic acids is 1. The summed E-state index contributed by atoms with van der Waals surface area (Å²) in [5, 5.41) is 1.55. The molecule has 0 spiro atoms. The molecule has 0 amide bonds. The van der Waals surface area contributed by atoms with Crippen molar-refractivity contribution < 1.29 is 9.53 Å². The molecule has 72 valence electrons. The van der Waals surface area contributed by atoms with Gasteiger partial charge in [-0.05, 0) is 23.6 Å². The molecule has 0 saturated carbocycles. The number of hydrogen-bond acceptors (Lipinski definition) is 3. The van der Waals surface area contributed by atoms with E-state index in [0.29, 0.717) is 15.6 Å². The van der Waals surface area contributed by atoms with E-state index in [1.54, 1.807) is 13.2 Å². The molecular formula is C10H7ClO2S. The lowest BCUT2D eigenvalue weighted by Gasteiger charge is -2.02. The van der Waals surface area contributed by atoms with Crippen LogP contribution in [-0.2, 0) is 0 Å². The van der Waals surface area contributed by atoms with E-state index in [2.05, 4.69) is 0 Å². The van der Waals surface area contributed by atoms with Crippen LogP contribution in [-0.4, -0.2) is 13.4 Å². The van der Waals surface area contributed by atoms with Crippen molar-refractivity contribution in [3.05, 3.63) is 28.1 Å². The molecule has 1 aromatic carbocycles. The van der Waals surface area contributed by atoms with Gasteiger partial charge in [0.15, 0.2) is 6.29 Å². The predicted octanol–water partition coefficient (Wildman–Crippen LogP) is 3.38. The second-order valence-corrected chi connectivity index (χ2v) is 4.23. The average molecular weight is 227 g/mol. The van der Waals surface area contributed by atoms with Crippen molar-refractivity contribution in [3.8, 4) is 5.75 Å². The molecule has 0 aliphatic heterocycles. The van der Waals surface area contributed by atoms with E-state index >= 15 is 0 Å². The number of aldehydes is 1. The van der Waals surface area contributed by atoms with Crippen molar-refractivity contribution in [2.45, 2.75) is 0 Å². The zero-order chi connectivity index (χ0) is 10.1. The Balaban J connectivity index is 2.74. The van der Waals surface area contributed by atoms with Crippen LogP contribution in [0, 0.1) is 0 Å². The number of halogens is 1. The van der Waals surface area contributed by atoms with Crippen LogP contribution in [0.1, 0.15) is 9.67 Å². The zero-order valence-corrected chi connectivity index (χ0v) is 8.98. The third-order valence-electron chi connectivity index (χ3n) is 1.95. The average Bonchev–Trinajstić information content (AvgIpc) is 2.62. The summed E-state index contributed by atoms with van der Waals surface area (Å²) in [6.45, 7) is 0. The Morgan fingerprint density at radius 2 is 2.29 bits per heavy atom. The highest BCUT2D eigenvalue weighted by molar-refractivity contribution is 7.21. The molecule has 0 unspecified atom stereocenters. The SMILES string of the molecule is COc1ccc2cc(C=O)sc2c1Cl. The summed E-state index contributed by atoms with van der Waals surface area (Å²) >= 11 is 7.45. The first-order valence-corrected chi connectivity index (χ1v) is 5.17. The molecule has 2 nitrogen and oxygen atoms in total. The molecule has 2 rings (SSSR count). The first-order valence-electron chi connectivity index (χ1n) is 3.97. The van der Waals surface area contributed by atoms with Gasteiger partial charge in [-0.2, -0.15) is 0 Å². The van der Waals surface area contributed by atoms with Gasteiger partial charge in [-0.25, -0.2) is 0 Å². The van der Waals surface area contributed by atoms with Gasteiger partial charge in [0, 0.05) is 0 Å². The molecule has 0 bridgehead atoms. The minimum Gasteiger partial charge on any atom is -0.495 e. The van der Waals surface area contributed by atoms with Gasteiger partial charge in [0.1, 0.15) is 10.8 Å². The van der Waals surface area contributed by atoms with E-state index < -0.39 is 0 Å². The molecule has 1 heterocycles. The van der Waals surface area contributed by atoms with Crippen molar-refractivity contribution >= 4 is 39.3 Å². The summed E-state index contributed by atoms with van der Waals surface area (Å²) in [6.07, 6.45) is 0.827. The number of fused-ring (bicyclic) bond motifs is 1. The number of ether oxygens (including phenoxy) is 1. The summed E-state index contributed by atoms with van der Waals surface area (Å²) in [5.41, 5.74) is 0. The Morgan fingerprint density at radius 1 is 1.50 bits per heavy atom. The van der Waals surface area contributed by atoms with Crippen molar-refractivity contribution in [3.63, 3.8) is 0 Å². The van der Waals surface area contributed by atoms with E-state index in [0.717, 1.165) is 16.4 Å². The molecule has 0 aliphatic carbocycles. The zero-order valence-electron chi connectivity index (χ0n) is 7.41. The molecule has 2 aromatic rings. The van der Waals surface area contributed by atoms with E-state index in [9.17, 15) is 4.79 Å². The van der Waals surface area contributed by atoms with Gasteiger partial charge in [-0.3, -0.25) is 4.79 Å². The fourth-order valence-corrected chi connectivity index (χ4v) is 2.56. The van der Waals surface area contributed by atoms with Crippen LogP contribution >= 0.6 is 22.9 Å². The lowest BCUT2D eigenvalue weighted by atomic mass is 10.2. The third kappa shape index (κ3) is 1.38. The quantitative estimate of drug-likeness (QED) is 0.734. The lowest BCUT2D eigenvalue weighted by molar-refractivity contribution is 0.112. The number of rotatable bonds is 2. The number of hydrogen-bond donors (Lipinski definition) is 0. The van der Waals surface area contributed by atoms with Crippen LogP contribution in [0.2, 0.25) is 5.02 Å². The topological polar surface area (TPSA) is 26.3 Å². The van der Waals surface area contributed by atoms with Gasteiger partial charge in [-0.1, -0.05) is 11.6 Å². The van der Waals surface area contributed by atoms with Gasteiger partial charge in [0.25, 0.3) is 0 Å². The standard InChI is InChI=1S/C10H7ClO2S/c1-13-8-3-2-6-4-7(5-12)14-10(6)9(8)11/h2-5H,1H3. The molecule has 0 saturated heterocycles. The van der Waals surface area contributed by atoms with Crippen LogP contribution in [0.5, 0.6) is 5.75 Å². The number of benzene rings is 1.